The largest absolute Gasteiger partial charge is 0.298 e. The van der Waals surface area contributed by atoms with Crippen LogP contribution in [0.5, 0.6) is 0 Å². The number of rotatable bonds is 4. The van der Waals surface area contributed by atoms with Crippen molar-refractivity contribution in [3.63, 3.8) is 0 Å². The summed E-state index contributed by atoms with van der Waals surface area (Å²) in [5.41, 5.74) is 2.19. The van der Waals surface area contributed by atoms with Gasteiger partial charge in [0.05, 0.1) is 0 Å². The van der Waals surface area contributed by atoms with Gasteiger partial charge >= 0.3 is 0 Å². The molecule has 2 nitrogen and oxygen atoms in total. The van der Waals surface area contributed by atoms with Crippen molar-refractivity contribution in [2.45, 2.75) is 13.1 Å². The number of hydrogen-bond donors (Lipinski definition) is 0. The van der Waals surface area contributed by atoms with Crippen LogP contribution in [0.2, 0.25) is 5.15 Å². The minimum atomic E-state index is -0.206. The zero-order valence-corrected chi connectivity index (χ0v) is 10.9. The molecular formula is C14H14ClFN2. The lowest BCUT2D eigenvalue weighted by molar-refractivity contribution is 0.319. The molecule has 0 amide bonds. The van der Waals surface area contributed by atoms with Crippen molar-refractivity contribution in [3.05, 3.63) is 64.7 Å². The Morgan fingerprint density at radius 3 is 2.44 bits per heavy atom. The van der Waals surface area contributed by atoms with E-state index < -0.39 is 0 Å². The molecule has 0 aliphatic rings. The van der Waals surface area contributed by atoms with Crippen LogP contribution in [0.15, 0.2) is 42.6 Å². The summed E-state index contributed by atoms with van der Waals surface area (Å²) in [4.78, 5) is 6.08. The molecule has 0 bridgehead atoms. The van der Waals surface area contributed by atoms with Crippen LogP contribution >= 0.6 is 11.6 Å². The lowest BCUT2D eigenvalue weighted by atomic mass is 10.2. The van der Waals surface area contributed by atoms with Gasteiger partial charge in [-0.1, -0.05) is 23.7 Å². The molecule has 2 rings (SSSR count). The second kappa shape index (κ2) is 5.94. The summed E-state index contributed by atoms with van der Waals surface area (Å²) < 4.78 is 12.8. The number of nitrogens with zero attached hydrogens (tertiary/aromatic N) is 2. The number of hydrogen-bond acceptors (Lipinski definition) is 2. The first-order valence-electron chi connectivity index (χ1n) is 5.67. The fourth-order valence-corrected chi connectivity index (χ4v) is 2.01. The average molecular weight is 265 g/mol. The van der Waals surface area contributed by atoms with Gasteiger partial charge in [0.25, 0.3) is 0 Å². The normalized spacial score (nSPS) is 10.9. The smallest absolute Gasteiger partial charge is 0.129 e. The summed E-state index contributed by atoms with van der Waals surface area (Å²) >= 11 is 5.83. The van der Waals surface area contributed by atoms with Gasteiger partial charge in [-0.15, -0.1) is 0 Å². The summed E-state index contributed by atoms with van der Waals surface area (Å²) in [6, 6.07) is 10.3. The molecule has 0 fully saturated rings. The van der Waals surface area contributed by atoms with E-state index in [-0.39, 0.29) is 5.82 Å². The maximum Gasteiger partial charge on any atom is 0.129 e. The molecule has 0 aliphatic heterocycles. The minimum Gasteiger partial charge on any atom is -0.298 e. The van der Waals surface area contributed by atoms with E-state index in [2.05, 4.69) is 9.88 Å². The quantitative estimate of drug-likeness (QED) is 0.786. The van der Waals surface area contributed by atoms with Crippen LogP contribution in [-0.4, -0.2) is 16.9 Å². The molecule has 18 heavy (non-hydrogen) atoms. The topological polar surface area (TPSA) is 16.1 Å². The van der Waals surface area contributed by atoms with Crippen molar-refractivity contribution in [2.24, 2.45) is 0 Å². The maximum absolute atomic E-state index is 12.8. The molecule has 0 spiro atoms. The first-order chi connectivity index (χ1) is 8.63. The first kappa shape index (κ1) is 13.0. The Balaban J connectivity index is 1.96. The minimum absolute atomic E-state index is 0.206. The highest BCUT2D eigenvalue weighted by Crippen LogP contribution is 2.11. The van der Waals surface area contributed by atoms with Gasteiger partial charge in [-0.25, -0.2) is 9.37 Å². The molecule has 0 atom stereocenters. The number of benzene rings is 1. The van der Waals surface area contributed by atoms with Gasteiger partial charge in [0.1, 0.15) is 11.0 Å². The SMILES string of the molecule is CN(Cc1ccc(F)cc1)Cc1ccnc(Cl)c1. The highest BCUT2D eigenvalue weighted by atomic mass is 35.5. The van der Waals surface area contributed by atoms with E-state index in [0.29, 0.717) is 5.15 Å². The van der Waals surface area contributed by atoms with E-state index in [1.165, 1.54) is 12.1 Å². The third-order valence-electron chi connectivity index (χ3n) is 2.61. The Labute approximate surface area is 111 Å². The molecule has 1 aromatic carbocycles. The highest BCUT2D eigenvalue weighted by molar-refractivity contribution is 6.29. The van der Waals surface area contributed by atoms with Crippen molar-refractivity contribution in [3.8, 4) is 0 Å². The van der Waals surface area contributed by atoms with Crippen LogP contribution in [-0.2, 0) is 13.1 Å². The summed E-state index contributed by atoms with van der Waals surface area (Å²) in [5, 5.41) is 0.502. The van der Waals surface area contributed by atoms with Crippen molar-refractivity contribution >= 4 is 11.6 Å². The monoisotopic (exact) mass is 264 g/mol. The molecule has 0 aliphatic carbocycles. The molecule has 1 heterocycles. The van der Waals surface area contributed by atoms with Gasteiger partial charge in [-0.05, 0) is 42.4 Å². The number of pyridine rings is 1. The maximum atomic E-state index is 12.8. The Kier molecular flexibility index (Phi) is 4.28. The van der Waals surface area contributed by atoms with E-state index in [4.69, 9.17) is 11.6 Å². The van der Waals surface area contributed by atoms with Crippen LogP contribution in [0, 0.1) is 5.82 Å². The third kappa shape index (κ3) is 3.79. The standard InChI is InChI=1S/C14H14ClFN2/c1-18(9-11-2-4-13(16)5-3-11)10-12-6-7-17-14(15)8-12/h2-8H,9-10H2,1H3. The summed E-state index contributed by atoms with van der Waals surface area (Å²) in [6.45, 7) is 1.54. The van der Waals surface area contributed by atoms with E-state index in [1.54, 1.807) is 18.3 Å². The summed E-state index contributed by atoms with van der Waals surface area (Å²) in [5.74, 6) is -0.206. The average Bonchev–Trinajstić information content (AvgIpc) is 2.32. The number of aromatic nitrogens is 1. The van der Waals surface area contributed by atoms with E-state index >= 15 is 0 Å². The van der Waals surface area contributed by atoms with Gasteiger partial charge in [0, 0.05) is 19.3 Å². The molecule has 0 unspecified atom stereocenters. The second-order valence-corrected chi connectivity index (χ2v) is 4.67. The van der Waals surface area contributed by atoms with E-state index in [0.717, 1.165) is 24.2 Å². The first-order valence-corrected chi connectivity index (χ1v) is 6.05. The zero-order chi connectivity index (χ0) is 13.0. The van der Waals surface area contributed by atoms with Gasteiger partial charge < -0.3 is 0 Å². The lowest BCUT2D eigenvalue weighted by Crippen LogP contribution is -2.17. The molecule has 0 saturated heterocycles. The van der Waals surface area contributed by atoms with Crippen LogP contribution in [0.25, 0.3) is 0 Å². The van der Waals surface area contributed by atoms with Crippen molar-refractivity contribution in [2.75, 3.05) is 7.05 Å². The molecule has 2 aromatic rings. The van der Waals surface area contributed by atoms with Gasteiger partial charge in [0.15, 0.2) is 0 Å². The van der Waals surface area contributed by atoms with Crippen LogP contribution in [0.4, 0.5) is 4.39 Å². The Hall–Kier alpha value is -1.45. The van der Waals surface area contributed by atoms with Crippen molar-refractivity contribution in [1.82, 2.24) is 9.88 Å². The van der Waals surface area contributed by atoms with Gasteiger partial charge in [-0.3, -0.25) is 4.90 Å². The second-order valence-electron chi connectivity index (χ2n) is 4.29. The Morgan fingerprint density at radius 2 is 1.78 bits per heavy atom. The molecule has 4 heteroatoms. The molecule has 0 radical (unpaired) electrons. The number of halogens is 2. The van der Waals surface area contributed by atoms with Gasteiger partial charge in [-0.2, -0.15) is 0 Å². The predicted molar refractivity (Wildman–Crippen MR) is 70.8 cm³/mol. The summed E-state index contributed by atoms with van der Waals surface area (Å²) in [7, 11) is 2.01. The molecule has 0 N–H and O–H groups in total. The fourth-order valence-electron chi connectivity index (χ4n) is 1.81. The molecule has 0 saturated carbocycles. The Bertz CT molecular complexity index is 513. The molecular weight excluding hydrogens is 251 g/mol. The van der Waals surface area contributed by atoms with Crippen molar-refractivity contribution < 1.29 is 4.39 Å². The van der Waals surface area contributed by atoms with Crippen LogP contribution in [0.3, 0.4) is 0 Å². The fraction of sp³-hybridized carbons (Fsp3) is 0.214. The van der Waals surface area contributed by atoms with Crippen molar-refractivity contribution in [1.29, 1.82) is 0 Å². The summed E-state index contributed by atoms with van der Waals surface area (Å²) in [6.07, 6.45) is 1.70. The molecule has 1 aromatic heterocycles. The Morgan fingerprint density at radius 1 is 1.11 bits per heavy atom. The lowest BCUT2D eigenvalue weighted by Gasteiger charge is -2.16. The third-order valence-corrected chi connectivity index (χ3v) is 2.82. The van der Waals surface area contributed by atoms with Crippen LogP contribution < -0.4 is 0 Å². The van der Waals surface area contributed by atoms with Gasteiger partial charge in [0.2, 0.25) is 0 Å². The zero-order valence-electron chi connectivity index (χ0n) is 10.1. The van der Waals surface area contributed by atoms with E-state index in [9.17, 15) is 4.39 Å². The van der Waals surface area contributed by atoms with E-state index in [1.807, 2.05) is 19.2 Å². The highest BCUT2D eigenvalue weighted by Gasteiger charge is 2.03. The molecule has 94 valence electrons. The predicted octanol–water partition coefficient (Wildman–Crippen LogP) is 3.51. The van der Waals surface area contributed by atoms with Crippen LogP contribution in [0.1, 0.15) is 11.1 Å².